The summed E-state index contributed by atoms with van der Waals surface area (Å²) in [7, 11) is -9.90. The van der Waals surface area contributed by atoms with Crippen LogP contribution in [0.5, 0.6) is 0 Å². The number of rotatable bonds is 68. The summed E-state index contributed by atoms with van der Waals surface area (Å²) in [5.74, 6) is 0.115. The molecule has 0 heterocycles. The monoisotopic (exact) mass is 1310 g/mol. The number of carbonyl (C=O) groups is 4. The highest BCUT2D eigenvalue weighted by molar-refractivity contribution is 7.47. The average molecular weight is 1310 g/mol. The molecule has 0 amide bonds. The molecule has 528 valence electrons. The van der Waals surface area contributed by atoms with E-state index in [-0.39, 0.29) is 25.7 Å². The highest BCUT2D eigenvalue weighted by atomic mass is 31.2. The number of hydrogen-bond donors (Lipinski definition) is 3. The molecule has 0 rings (SSSR count). The van der Waals surface area contributed by atoms with Crippen LogP contribution in [0.1, 0.15) is 350 Å². The molecule has 17 nitrogen and oxygen atoms in total. The molecule has 0 bridgehead atoms. The molecule has 3 unspecified atom stereocenters. The first-order valence-corrected chi connectivity index (χ1v) is 39.4. The molecular formula is C70H136O17P2. The molecule has 0 aliphatic carbocycles. The fraction of sp³-hybridized carbons (Fsp3) is 0.943. The summed E-state index contributed by atoms with van der Waals surface area (Å²) >= 11 is 0. The first kappa shape index (κ1) is 87.1. The number of phosphoric ester groups is 2. The van der Waals surface area contributed by atoms with Crippen LogP contribution in [-0.4, -0.2) is 96.7 Å². The van der Waals surface area contributed by atoms with E-state index in [1.165, 1.54) is 154 Å². The Hall–Kier alpha value is -1.94. The van der Waals surface area contributed by atoms with Crippen molar-refractivity contribution >= 4 is 39.5 Å². The van der Waals surface area contributed by atoms with Crippen LogP contribution in [0.4, 0.5) is 0 Å². The topological polar surface area (TPSA) is 237 Å². The van der Waals surface area contributed by atoms with Crippen LogP contribution in [0.25, 0.3) is 0 Å². The van der Waals surface area contributed by atoms with Crippen LogP contribution in [0.3, 0.4) is 0 Å². The molecule has 0 aromatic rings. The Morgan fingerprint density at radius 2 is 0.573 bits per heavy atom. The highest BCUT2D eigenvalue weighted by Crippen LogP contribution is 2.45. The van der Waals surface area contributed by atoms with Gasteiger partial charge in [0.15, 0.2) is 12.2 Å². The van der Waals surface area contributed by atoms with Crippen molar-refractivity contribution in [1.82, 2.24) is 0 Å². The first-order valence-electron chi connectivity index (χ1n) is 36.4. The van der Waals surface area contributed by atoms with Gasteiger partial charge in [0.2, 0.25) is 0 Å². The summed E-state index contributed by atoms with van der Waals surface area (Å²) in [6.45, 7) is 11.8. The molecule has 0 aliphatic rings. The van der Waals surface area contributed by atoms with E-state index in [1.54, 1.807) is 0 Å². The Morgan fingerprint density at radius 3 is 0.854 bits per heavy atom. The van der Waals surface area contributed by atoms with E-state index >= 15 is 0 Å². The minimum absolute atomic E-state index is 0.105. The molecule has 0 saturated carbocycles. The van der Waals surface area contributed by atoms with Crippen molar-refractivity contribution in [2.45, 2.75) is 369 Å². The van der Waals surface area contributed by atoms with Crippen molar-refractivity contribution in [2.24, 2.45) is 17.8 Å². The summed E-state index contributed by atoms with van der Waals surface area (Å²) in [6.07, 6.45) is 44.3. The second kappa shape index (κ2) is 61.0. The summed E-state index contributed by atoms with van der Waals surface area (Å²) in [6, 6.07) is 0. The van der Waals surface area contributed by atoms with Crippen LogP contribution in [0, 0.1) is 17.8 Å². The van der Waals surface area contributed by atoms with Crippen molar-refractivity contribution in [2.75, 3.05) is 39.6 Å². The standard InChI is InChI=1S/C70H136O17P2/c1-8-10-11-12-13-14-15-16-17-25-30-39-46-53-69(74)87-66(58-81-68(73)52-45-38-33-32-36-43-50-63(7)9-2)60-85-89(78,79)83-56-64(71)55-82-88(76,77)84-59-65(86-70(75)54-47-40-31-26-21-19-23-28-35-42-49-62(5)6)57-80-67(72)51-44-37-29-24-20-18-22-27-34-41-48-61(3)4/h61-66,71H,8-60H2,1-7H3,(H,76,77)(H,78,79)/t63?,64-,65-,66-/m1/s1. The summed E-state index contributed by atoms with van der Waals surface area (Å²) in [5, 5.41) is 10.6. The summed E-state index contributed by atoms with van der Waals surface area (Å²) < 4.78 is 68.3. The number of ether oxygens (including phenoxy) is 4. The Morgan fingerprint density at radius 1 is 0.326 bits per heavy atom. The first-order chi connectivity index (χ1) is 42.8. The molecule has 89 heavy (non-hydrogen) atoms. The molecule has 0 spiro atoms. The van der Waals surface area contributed by atoms with Crippen LogP contribution in [0.15, 0.2) is 0 Å². The van der Waals surface area contributed by atoms with Gasteiger partial charge in [0.05, 0.1) is 26.4 Å². The number of aliphatic hydroxyl groups excluding tert-OH is 1. The zero-order valence-electron chi connectivity index (χ0n) is 57.9. The molecule has 6 atom stereocenters. The van der Waals surface area contributed by atoms with E-state index in [9.17, 15) is 43.2 Å². The number of aliphatic hydroxyl groups is 1. The van der Waals surface area contributed by atoms with E-state index in [4.69, 9.17) is 37.0 Å². The molecule has 19 heteroatoms. The third kappa shape index (κ3) is 63.2. The quantitative estimate of drug-likeness (QED) is 0.0222. The second-order valence-corrected chi connectivity index (χ2v) is 29.4. The number of phosphoric acid groups is 2. The van der Waals surface area contributed by atoms with Crippen LogP contribution < -0.4 is 0 Å². The van der Waals surface area contributed by atoms with Gasteiger partial charge in [0, 0.05) is 25.7 Å². The highest BCUT2D eigenvalue weighted by Gasteiger charge is 2.30. The van der Waals surface area contributed by atoms with Gasteiger partial charge in [0.25, 0.3) is 0 Å². The average Bonchev–Trinajstić information content (AvgIpc) is 3.69. The van der Waals surface area contributed by atoms with E-state index in [0.717, 1.165) is 114 Å². The fourth-order valence-electron chi connectivity index (χ4n) is 10.5. The Kier molecular flexibility index (Phi) is 59.6. The molecule has 0 aliphatic heterocycles. The van der Waals surface area contributed by atoms with Gasteiger partial charge in [-0.2, -0.15) is 0 Å². The lowest BCUT2D eigenvalue weighted by Gasteiger charge is -2.21. The molecule has 0 saturated heterocycles. The fourth-order valence-corrected chi connectivity index (χ4v) is 12.1. The van der Waals surface area contributed by atoms with Gasteiger partial charge in [-0.05, 0) is 43.4 Å². The third-order valence-corrected chi connectivity index (χ3v) is 18.4. The summed E-state index contributed by atoms with van der Waals surface area (Å²) in [5.41, 5.74) is 0. The van der Waals surface area contributed by atoms with E-state index in [2.05, 4.69) is 48.5 Å². The zero-order valence-corrected chi connectivity index (χ0v) is 59.7. The van der Waals surface area contributed by atoms with Crippen LogP contribution in [-0.2, 0) is 65.4 Å². The van der Waals surface area contributed by atoms with Crippen molar-refractivity contribution < 1.29 is 80.2 Å². The van der Waals surface area contributed by atoms with E-state index in [0.29, 0.717) is 25.7 Å². The molecule has 3 N–H and O–H groups in total. The predicted molar refractivity (Wildman–Crippen MR) is 358 cm³/mol. The minimum Gasteiger partial charge on any atom is -0.462 e. The molecule has 0 radical (unpaired) electrons. The number of unbranched alkanes of at least 4 members (excludes halogenated alkanes) is 35. The van der Waals surface area contributed by atoms with E-state index in [1.807, 2.05) is 0 Å². The van der Waals surface area contributed by atoms with Gasteiger partial charge in [-0.1, -0.05) is 299 Å². The van der Waals surface area contributed by atoms with Crippen molar-refractivity contribution in [3.63, 3.8) is 0 Å². The van der Waals surface area contributed by atoms with Gasteiger partial charge in [-0.3, -0.25) is 37.3 Å². The van der Waals surface area contributed by atoms with Crippen molar-refractivity contribution in [3.8, 4) is 0 Å². The van der Waals surface area contributed by atoms with Crippen LogP contribution >= 0.6 is 15.6 Å². The van der Waals surface area contributed by atoms with E-state index < -0.39 is 97.5 Å². The third-order valence-electron chi connectivity index (χ3n) is 16.5. The largest absolute Gasteiger partial charge is 0.472 e. The second-order valence-electron chi connectivity index (χ2n) is 26.5. The molecule has 0 fully saturated rings. The zero-order chi connectivity index (χ0) is 65.9. The molecular weight excluding hydrogens is 1170 g/mol. The molecule has 0 aromatic heterocycles. The SMILES string of the molecule is CCCCCCCCCCCCCCCC(=O)O[C@H](COC(=O)CCCCCCCCC(C)CC)COP(=O)(O)OC[C@H](O)COP(=O)(O)OC[C@@H](COC(=O)CCCCCCCCCCCCC(C)C)OC(=O)CCCCCCCCCCCCC(C)C. The lowest BCUT2D eigenvalue weighted by Crippen LogP contribution is -2.30. The normalized spacial score (nSPS) is 14.5. The minimum atomic E-state index is -4.95. The van der Waals surface area contributed by atoms with Gasteiger partial charge < -0.3 is 33.8 Å². The number of carbonyl (C=O) groups excluding carboxylic acids is 4. The predicted octanol–water partition coefficient (Wildman–Crippen LogP) is 19.8. The maximum Gasteiger partial charge on any atom is 0.472 e. The number of hydrogen-bond acceptors (Lipinski definition) is 15. The van der Waals surface area contributed by atoms with Gasteiger partial charge in [-0.15, -0.1) is 0 Å². The summed E-state index contributed by atoms with van der Waals surface area (Å²) in [4.78, 5) is 72.5. The van der Waals surface area contributed by atoms with Crippen molar-refractivity contribution in [1.29, 1.82) is 0 Å². The maximum atomic E-state index is 13.0. The van der Waals surface area contributed by atoms with Gasteiger partial charge in [-0.25, -0.2) is 9.13 Å². The Labute approximate surface area is 543 Å². The smallest absolute Gasteiger partial charge is 0.462 e. The maximum absolute atomic E-state index is 13.0. The lowest BCUT2D eigenvalue weighted by atomic mass is 10.00. The molecule has 0 aromatic carbocycles. The van der Waals surface area contributed by atoms with Crippen molar-refractivity contribution in [3.05, 3.63) is 0 Å². The van der Waals surface area contributed by atoms with Gasteiger partial charge in [0.1, 0.15) is 19.3 Å². The Bertz CT molecular complexity index is 1750. The Balaban J connectivity index is 5.26. The van der Waals surface area contributed by atoms with Crippen LogP contribution in [0.2, 0.25) is 0 Å². The number of esters is 4. The van der Waals surface area contributed by atoms with Gasteiger partial charge >= 0.3 is 39.5 Å². The lowest BCUT2D eigenvalue weighted by molar-refractivity contribution is -0.161.